The first-order valence-electron chi connectivity index (χ1n) is 5.38. The minimum atomic E-state index is -0.0745. The zero-order chi connectivity index (χ0) is 14.0. The molecule has 2 aromatic rings. The Labute approximate surface area is 120 Å². The molecular formula is C12H11Cl2N3O2. The summed E-state index contributed by atoms with van der Waals surface area (Å²) in [4.78, 5) is 0. The minimum absolute atomic E-state index is 0.0745. The molecule has 2 rings (SSSR count). The molecule has 1 aromatic heterocycles. The Kier molecular flexibility index (Phi) is 3.97. The number of benzene rings is 1. The Morgan fingerprint density at radius 2 is 2.00 bits per heavy atom. The van der Waals surface area contributed by atoms with Crippen molar-refractivity contribution in [2.75, 3.05) is 0 Å². The number of ether oxygens (including phenoxy) is 1. The van der Waals surface area contributed by atoms with Crippen LogP contribution in [0, 0.1) is 6.92 Å². The van der Waals surface area contributed by atoms with E-state index >= 15 is 0 Å². The molecule has 0 atom stereocenters. The van der Waals surface area contributed by atoms with Crippen LogP contribution in [0.2, 0.25) is 5.02 Å². The molecule has 0 aliphatic rings. The predicted octanol–water partition coefficient (Wildman–Crippen LogP) is 3.55. The van der Waals surface area contributed by atoms with E-state index in [2.05, 4.69) is 10.3 Å². The summed E-state index contributed by atoms with van der Waals surface area (Å²) in [5.41, 5.74) is 1.05. The molecule has 0 saturated heterocycles. The lowest BCUT2D eigenvalue weighted by molar-refractivity contribution is 0.320. The minimum Gasteiger partial charge on any atom is -0.439 e. The quantitative estimate of drug-likeness (QED) is 0.536. The fraction of sp³-hybridized carbons (Fsp3) is 0.167. The lowest BCUT2D eigenvalue weighted by Crippen LogP contribution is -1.99. The van der Waals surface area contributed by atoms with Crippen molar-refractivity contribution in [1.82, 2.24) is 9.78 Å². The van der Waals surface area contributed by atoms with Gasteiger partial charge in [0.2, 0.25) is 5.88 Å². The van der Waals surface area contributed by atoms with E-state index in [-0.39, 0.29) is 5.17 Å². The Hall–Kier alpha value is -1.72. The van der Waals surface area contributed by atoms with Gasteiger partial charge < -0.3 is 9.94 Å². The molecule has 0 saturated carbocycles. The number of hydrogen-bond donors (Lipinski definition) is 1. The maximum atomic E-state index is 8.79. The lowest BCUT2D eigenvalue weighted by atomic mass is 10.2. The molecule has 0 spiro atoms. The third-order valence-electron chi connectivity index (χ3n) is 2.49. The van der Waals surface area contributed by atoms with E-state index in [4.69, 9.17) is 33.1 Å². The summed E-state index contributed by atoms with van der Waals surface area (Å²) in [6.45, 7) is 1.75. The second kappa shape index (κ2) is 5.50. The van der Waals surface area contributed by atoms with Gasteiger partial charge in [0.1, 0.15) is 11.3 Å². The van der Waals surface area contributed by atoms with Crippen molar-refractivity contribution < 1.29 is 9.94 Å². The monoisotopic (exact) mass is 299 g/mol. The van der Waals surface area contributed by atoms with E-state index in [1.54, 1.807) is 38.2 Å². The smallest absolute Gasteiger partial charge is 0.228 e. The van der Waals surface area contributed by atoms with Gasteiger partial charge in [-0.05, 0) is 31.2 Å². The fourth-order valence-corrected chi connectivity index (χ4v) is 2.00. The highest BCUT2D eigenvalue weighted by atomic mass is 35.5. The number of nitrogens with zero attached hydrogens (tertiary/aromatic N) is 3. The molecule has 5 nitrogen and oxygen atoms in total. The highest BCUT2D eigenvalue weighted by Gasteiger charge is 2.19. The molecule has 1 N–H and O–H groups in total. The van der Waals surface area contributed by atoms with E-state index in [1.807, 2.05) is 0 Å². The SMILES string of the molecule is Cc1nn(C)c(Oc2ccc(Cl)cc2)c1/C(Cl)=N/O. The van der Waals surface area contributed by atoms with Gasteiger partial charge in [-0.25, -0.2) is 4.68 Å². The van der Waals surface area contributed by atoms with Gasteiger partial charge in [-0.15, -0.1) is 0 Å². The van der Waals surface area contributed by atoms with Gasteiger partial charge in [0.25, 0.3) is 0 Å². The molecule has 0 radical (unpaired) electrons. The number of rotatable bonds is 3. The summed E-state index contributed by atoms with van der Waals surface area (Å²) < 4.78 is 7.23. The second-order valence-electron chi connectivity index (χ2n) is 3.84. The second-order valence-corrected chi connectivity index (χ2v) is 4.63. The van der Waals surface area contributed by atoms with Crippen molar-refractivity contribution in [2.24, 2.45) is 12.2 Å². The highest BCUT2D eigenvalue weighted by molar-refractivity contribution is 6.69. The number of aryl methyl sites for hydroxylation is 2. The summed E-state index contributed by atoms with van der Waals surface area (Å²) in [6.07, 6.45) is 0. The number of hydrogen-bond acceptors (Lipinski definition) is 4. The molecule has 0 fully saturated rings. The average Bonchev–Trinajstić information content (AvgIpc) is 2.66. The van der Waals surface area contributed by atoms with E-state index in [0.717, 1.165) is 0 Å². The molecule has 19 heavy (non-hydrogen) atoms. The Bertz CT molecular complexity index is 621. The Morgan fingerprint density at radius 3 is 2.58 bits per heavy atom. The molecule has 0 bridgehead atoms. The van der Waals surface area contributed by atoms with Gasteiger partial charge in [-0.3, -0.25) is 0 Å². The van der Waals surface area contributed by atoms with Gasteiger partial charge >= 0.3 is 0 Å². The van der Waals surface area contributed by atoms with Crippen molar-refractivity contribution in [1.29, 1.82) is 0 Å². The van der Waals surface area contributed by atoms with Crippen LogP contribution in [0.5, 0.6) is 11.6 Å². The fourth-order valence-electron chi connectivity index (χ4n) is 1.66. The zero-order valence-corrected chi connectivity index (χ0v) is 11.8. The van der Waals surface area contributed by atoms with Crippen LogP contribution in [0.1, 0.15) is 11.3 Å². The van der Waals surface area contributed by atoms with E-state index in [9.17, 15) is 0 Å². The molecule has 100 valence electrons. The van der Waals surface area contributed by atoms with Gasteiger partial charge in [0.05, 0.1) is 5.69 Å². The van der Waals surface area contributed by atoms with Crippen molar-refractivity contribution in [3.8, 4) is 11.6 Å². The summed E-state index contributed by atoms with van der Waals surface area (Å²) in [5, 5.41) is 16.5. The van der Waals surface area contributed by atoms with Crippen LogP contribution in [0.3, 0.4) is 0 Å². The molecule has 7 heteroatoms. The van der Waals surface area contributed by atoms with Crippen LogP contribution < -0.4 is 4.74 Å². The lowest BCUT2D eigenvalue weighted by Gasteiger charge is -2.07. The largest absolute Gasteiger partial charge is 0.439 e. The predicted molar refractivity (Wildman–Crippen MR) is 73.6 cm³/mol. The number of aromatic nitrogens is 2. The van der Waals surface area contributed by atoms with Crippen LogP contribution >= 0.6 is 23.2 Å². The van der Waals surface area contributed by atoms with Gasteiger partial charge in [-0.1, -0.05) is 28.4 Å². The third kappa shape index (κ3) is 2.83. The van der Waals surface area contributed by atoms with Crippen LogP contribution in [0.25, 0.3) is 0 Å². The maximum Gasteiger partial charge on any atom is 0.228 e. The van der Waals surface area contributed by atoms with E-state index in [0.29, 0.717) is 27.9 Å². The maximum absolute atomic E-state index is 8.79. The van der Waals surface area contributed by atoms with E-state index in [1.165, 1.54) is 4.68 Å². The molecule has 0 aliphatic heterocycles. The first kappa shape index (κ1) is 13.7. The van der Waals surface area contributed by atoms with Crippen LogP contribution in [-0.2, 0) is 7.05 Å². The first-order valence-corrected chi connectivity index (χ1v) is 6.13. The van der Waals surface area contributed by atoms with Crippen molar-refractivity contribution in [3.63, 3.8) is 0 Å². The Morgan fingerprint density at radius 1 is 1.37 bits per heavy atom. The summed E-state index contributed by atoms with van der Waals surface area (Å²) >= 11 is 11.7. The molecule has 0 amide bonds. The zero-order valence-electron chi connectivity index (χ0n) is 10.3. The molecule has 1 aromatic carbocycles. The molecular weight excluding hydrogens is 289 g/mol. The molecule has 0 unspecified atom stereocenters. The van der Waals surface area contributed by atoms with E-state index < -0.39 is 0 Å². The normalized spacial score (nSPS) is 11.7. The average molecular weight is 300 g/mol. The van der Waals surface area contributed by atoms with Gasteiger partial charge in [0.15, 0.2) is 5.17 Å². The van der Waals surface area contributed by atoms with Gasteiger partial charge in [0, 0.05) is 12.1 Å². The molecule has 1 heterocycles. The summed E-state index contributed by atoms with van der Waals surface area (Å²) in [7, 11) is 1.71. The number of oxime groups is 1. The number of halogens is 2. The van der Waals surface area contributed by atoms with Crippen molar-refractivity contribution in [3.05, 3.63) is 40.5 Å². The Balaban J connectivity index is 2.42. The van der Waals surface area contributed by atoms with Gasteiger partial charge in [-0.2, -0.15) is 5.10 Å². The van der Waals surface area contributed by atoms with Crippen molar-refractivity contribution in [2.45, 2.75) is 6.92 Å². The third-order valence-corrected chi connectivity index (χ3v) is 3.01. The standard InChI is InChI=1S/C12H11Cl2N3O2/c1-7-10(11(14)16-18)12(17(2)15-7)19-9-5-3-8(13)4-6-9/h3-6,18H,1-2H3/b16-11-. The van der Waals surface area contributed by atoms with Crippen LogP contribution in [0.4, 0.5) is 0 Å². The molecule has 0 aliphatic carbocycles. The van der Waals surface area contributed by atoms with Crippen LogP contribution in [-0.4, -0.2) is 20.2 Å². The van der Waals surface area contributed by atoms with Crippen molar-refractivity contribution >= 4 is 28.4 Å². The van der Waals surface area contributed by atoms with Crippen LogP contribution in [0.15, 0.2) is 29.4 Å². The highest BCUT2D eigenvalue weighted by Crippen LogP contribution is 2.29. The first-order chi connectivity index (χ1) is 9.02. The topological polar surface area (TPSA) is 59.6 Å². The summed E-state index contributed by atoms with van der Waals surface area (Å²) in [5.74, 6) is 0.971. The summed E-state index contributed by atoms with van der Waals surface area (Å²) in [6, 6.07) is 6.86.